The molecule has 0 fully saturated rings. The zero-order valence-electron chi connectivity index (χ0n) is 14.9. The molecule has 4 N–H and O–H groups in total. The summed E-state index contributed by atoms with van der Waals surface area (Å²) in [7, 11) is 0. The molecule has 0 spiro atoms. The largest absolute Gasteiger partial charge is 0.377 e. The zero-order chi connectivity index (χ0) is 19.2. The van der Waals surface area contributed by atoms with E-state index in [2.05, 4.69) is 10.6 Å². The second-order valence-corrected chi connectivity index (χ2v) is 6.48. The van der Waals surface area contributed by atoms with Gasteiger partial charge < -0.3 is 20.8 Å². The molecule has 0 aromatic heterocycles. The summed E-state index contributed by atoms with van der Waals surface area (Å²) in [6.45, 7) is 2.60. The van der Waals surface area contributed by atoms with E-state index in [1.165, 1.54) is 0 Å². The second kappa shape index (κ2) is 8.12. The van der Waals surface area contributed by atoms with Crippen molar-refractivity contribution < 1.29 is 19.8 Å². The molecule has 0 saturated heterocycles. The van der Waals surface area contributed by atoms with Gasteiger partial charge in [-0.3, -0.25) is 9.59 Å². The number of carbonyl (C=O) groups excluding carboxylic acids is 2. The highest BCUT2D eigenvalue weighted by atomic mass is 16.4. The summed E-state index contributed by atoms with van der Waals surface area (Å²) in [6, 6.07) is 18.3. The Kier molecular flexibility index (Phi) is 6.13. The van der Waals surface area contributed by atoms with Crippen LogP contribution in [0, 0.1) is 0 Å². The Morgan fingerprint density at radius 2 is 1.04 bits per heavy atom. The predicted octanol–water partition coefficient (Wildman–Crippen LogP) is 1.12. The quantitative estimate of drug-likeness (QED) is 0.597. The average molecular weight is 356 g/mol. The lowest BCUT2D eigenvalue weighted by Gasteiger charge is -2.35. The molecule has 0 heterocycles. The van der Waals surface area contributed by atoms with Gasteiger partial charge in [0.2, 0.25) is 0 Å². The van der Waals surface area contributed by atoms with E-state index in [9.17, 15) is 19.8 Å². The molecule has 0 aliphatic carbocycles. The molecule has 26 heavy (non-hydrogen) atoms. The number of benzene rings is 2. The highest BCUT2D eigenvalue weighted by Crippen LogP contribution is 2.23. The third-order valence-electron chi connectivity index (χ3n) is 4.42. The first-order valence-corrected chi connectivity index (χ1v) is 8.34. The van der Waals surface area contributed by atoms with Crippen LogP contribution in [-0.4, -0.2) is 33.2 Å². The summed E-state index contributed by atoms with van der Waals surface area (Å²) >= 11 is 0. The van der Waals surface area contributed by atoms with Gasteiger partial charge in [0.15, 0.2) is 11.2 Å². The lowest BCUT2D eigenvalue weighted by molar-refractivity contribution is -0.178. The first kappa shape index (κ1) is 19.6. The van der Waals surface area contributed by atoms with E-state index in [-0.39, 0.29) is 13.1 Å². The van der Waals surface area contributed by atoms with Gasteiger partial charge in [-0.05, 0) is 25.0 Å². The topological polar surface area (TPSA) is 98.7 Å². The lowest BCUT2D eigenvalue weighted by atomic mass is 9.84. The molecular formula is C20H24N2O4. The van der Waals surface area contributed by atoms with Crippen molar-refractivity contribution in [3.63, 3.8) is 0 Å². The van der Waals surface area contributed by atoms with Gasteiger partial charge in [0.25, 0.3) is 11.8 Å². The molecule has 0 radical (unpaired) electrons. The smallest absolute Gasteiger partial charge is 0.255 e. The van der Waals surface area contributed by atoms with Gasteiger partial charge in [-0.2, -0.15) is 0 Å². The minimum atomic E-state index is -2.30. The summed E-state index contributed by atoms with van der Waals surface area (Å²) in [5.74, 6) is -1.66. The first-order valence-electron chi connectivity index (χ1n) is 8.34. The Balaban J connectivity index is 1.99. The Morgan fingerprint density at radius 1 is 0.731 bits per heavy atom. The van der Waals surface area contributed by atoms with Crippen LogP contribution in [0.5, 0.6) is 0 Å². The number of carbonyl (C=O) groups is 2. The van der Waals surface area contributed by atoms with Crippen LogP contribution in [0.3, 0.4) is 0 Å². The second-order valence-electron chi connectivity index (χ2n) is 6.48. The molecule has 6 nitrogen and oxygen atoms in total. The van der Waals surface area contributed by atoms with Crippen LogP contribution in [0.25, 0.3) is 0 Å². The van der Waals surface area contributed by atoms with Gasteiger partial charge >= 0.3 is 0 Å². The molecule has 6 heteroatoms. The van der Waals surface area contributed by atoms with Crippen molar-refractivity contribution in [2.45, 2.75) is 38.1 Å². The van der Waals surface area contributed by atoms with E-state index in [0.29, 0.717) is 0 Å². The van der Waals surface area contributed by atoms with E-state index < -0.39 is 23.0 Å². The predicted molar refractivity (Wildman–Crippen MR) is 97.8 cm³/mol. The van der Waals surface area contributed by atoms with Crippen LogP contribution < -0.4 is 10.6 Å². The zero-order valence-corrected chi connectivity index (χ0v) is 14.9. The van der Waals surface area contributed by atoms with Gasteiger partial charge in [0.05, 0.1) is 0 Å². The van der Waals surface area contributed by atoms with E-state index in [1.54, 1.807) is 0 Å². The number of amides is 2. The maximum absolute atomic E-state index is 12.4. The molecule has 2 amide bonds. The summed E-state index contributed by atoms with van der Waals surface area (Å²) in [4.78, 5) is 24.7. The average Bonchev–Trinajstić information content (AvgIpc) is 2.65. The molecule has 0 unspecified atom stereocenters. The van der Waals surface area contributed by atoms with Crippen LogP contribution in [0.1, 0.15) is 25.0 Å². The minimum absolute atomic E-state index is 0.178. The van der Waals surface area contributed by atoms with E-state index in [4.69, 9.17) is 0 Å². The molecule has 2 aromatic carbocycles. The van der Waals surface area contributed by atoms with E-state index in [0.717, 1.165) is 25.0 Å². The number of nitrogens with one attached hydrogen (secondary N) is 2. The molecule has 0 saturated carbocycles. The fraction of sp³-hybridized carbons (Fsp3) is 0.300. The molecule has 2 rings (SSSR count). The minimum Gasteiger partial charge on any atom is -0.377 e. The third kappa shape index (κ3) is 4.47. The van der Waals surface area contributed by atoms with Gasteiger partial charge in [-0.1, -0.05) is 60.7 Å². The van der Waals surface area contributed by atoms with Crippen LogP contribution in [0.4, 0.5) is 0 Å². The van der Waals surface area contributed by atoms with E-state index in [1.807, 2.05) is 60.7 Å². The van der Waals surface area contributed by atoms with Crippen LogP contribution in [-0.2, 0) is 22.7 Å². The van der Waals surface area contributed by atoms with Crippen LogP contribution in [0.15, 0.2) is 60.7 Å². The van der Waals surface area contributed by atoms with Crippen molar-refractivity contribution in [1.29, 1.82) is 0 Å². The Bertz CT molecular complexity index is 677. The molecule has 138 valence electrons. The van der Waals surface area contributed by atoms with Crippen molar-refractivity contribution in [2.24, 2.45) is 0 Å². The summed E-state index contributed by atoms with van der Waals surface area (Å²) in [5, 5.41) is 26.2. The number of aliphatic hydroxyl groups is 2. The van der Waals surface area contributed by atoms with Gasteiger partial charge in [0.1, 0.15) is 0 Å². The summed E-state index contributed by atoms with van der Waals surface area (Å²) in [6.07, 6.45) is 0. The van der Waals surface area contributed by atoms with Gasteiger partial charge in [-0.25, -0.2) is 0 Å². The fourth-order valence-corrected chi connectivity index (χ4v) is 2.34. The van der Waals surface area contributed by atoms with Crippen molar-refractivity contribution >= 4 is 11.8 Å². The lowest BCUT2D eigenvalue weighted by Crippen LogP contribution is -2.65. The number of rotatable bonds is 7. The fourth-order valence-electron chi connectivity index (χ4n) is 2.34. The highest BCUT2D eigenvalue weighted by molar-refractivity contribution is 5.96. The summed E-state index contributed by atoms with van der Waals surface area (Å²) < 4.78 is 0. The standard InChI is InChI=1S/C20H24N2O4/c1-19(25,17(23)21-13-15-9-5-3-6-10-15)20(2,26)18(24)22-14-16-11-7-4-8-12-16/h3-12,25-26H,13-14H2,1-2H3,(H,21,23)(H,22,24)/t19-,20-/m1/s1. The van der Waals surface area contributed by atoms with Crippen molar-refractivity contribution in [2.75, 3.05) is 0 Å². The molecular weight excluding hydrogens is 332 g/mol. The van der Waals surface area contributed by atoms with E-state index >= 15 is 0 Å². The maximum atomic E-state index is 12.4. The Hall–Kier alpha value is -2.70. The van der Waals surface area contributed by atoms with Crippen molar-refractivity contribution in [3.8, 4) is 0 Å². The number of hydrogen-bond donors (Lipinski definition) is 4. The summed E-state index contributed by atoms with van der Waals surface area (Å²) in [5.41, 5.74) is -2.93. The SMILES string of the molecule is C[C@@](O)(C(=O)NCc1ccccc1)[C@](C)(O)C(=O)NCc1ccccc1. The Morgan fingerprint density at radius 3 is 1.35 bits per heavy atom. The molecule has 0 aliphatic rings. The Labute approximate surface area is 152 Å². The highest BCUT2D eigenvalue weighted by Gasteiger charge is 2.53. The van der Waals surface area contributed by atoms with Gasteiger partial charge in [0, 0.05) is 13.1 Å². The van der Waals surface area contributed by atoms with Crippen molar-refractivity contribution in [1.82, 2.24) is 10.6 Å². The molecule has 2 aromatic rings. The monoisotopic (exact) mass is 356 g/mol. The maximum Gasteiger partial charge on any atom is 0.255 e. The first-order chi connectivity index (χ1) is 12.2. The van der Waals surface area contributed by atoms with Crippen molar-refractivity contribution in [3.05, 3.63) is 71.8 Å². The van der Waals surface area contributed by atoms with Crippen LogP contribution >= 0.6 is 0 Å². The normalized spacial score (nSPS) is 15.4. The molecule has 2 atom stereocenters. The molecule has 0 bridgehead atoms. The van der Waals surface area contributed by atoms with Crippen LogP contribution in [0.2, 0.25) is 0 Å². The number of hydrogen-bond acceptors (Lipinski definition) is 4. The third-order valence-corrected chi connectivity index (χ3v) is 4.42. The van der Waals surface area contributed by atoms with Gasteiger partial charge in [-0.15, -0.1) is 0 Å². The molecule has 0 aliphatic heterocycles.